The number of esters is 1. The van der Waals surface area contributed by atoms with Gasteiger partial charge in [0.05, 0.1) is 18.6 Å². The van der Waals surface area contributed by atoms with Gasteiger partial charge in [0.1, 0.15) is 6.04 Å². The largest absolute Gasteiger partial charge is 0.468 e. The van der Waals surface area contributed by atoms with E-state index >= 15 is 0 Å². The fraction of sp³-hybridized carbons (Fsp3) is 0.632. The molecule has 6 nitrogen and oxygen atoms in total. The molecular weight excluding hydrogens is 354 g/mol. The van der Waals surface area contributed by atoms with Crippen LogP contribution < -0.4 is 4.72 Å². The van der Waals surface area contributed by atoms with Gasteiger partial charge in [0, 0.05) is 0 Å². The Bertz CT molecular complexity index is 709. The monoisotopic (exact) mass is 385 g/mol. The molecule has 0 saturated carbocycles. The minimum atomic E-state index is -4.03. The lowest BCUT2D eigenvalue weighted by Crippen LogP contribution is -2.44. The average molecular weight is 386 g/mol. The van der Waals surface area contributed by atoms with E-state index in [1.165, 1.54) is 0 Å². The molecule has 0 aliphatic carbocycles. The van der Waals surface area contributed by atoms with Crippen LogP contribution in [0.25, 0.3) is 0 Å². The van der Waals surface area contributed by atoms with Gasteiger partial charge in [0.25, 0.3) is 0 Å². The molecule has 0 bridgehead atoms. The molecule has 0 aromatic heterocycles. The average Bonchev–Trinajstić information content (AvgIpc) is 2.57. The van der Waals surface area contributed by atoms with Gasteiger partial charge in [-0.1, -0.05) is 53.7 Å². The number of hydrogen-bond donors (Lipinski definition) is 2. The number of aliphatic hydroxyl groups is 1. The molecule has 0 unspecified atom stereocenters. The van der Waals surface area contributed by atoms with Crippen molar-refractivity contribution >= 4 is 16.0 Å². The second-order valence-electron chi connectivity index (χ2n) is 7.37. The number of sulfonamides is 1. The molecule has 2 N–H and O–H groups in total. The van der Waals surface area contributed by atoms with Crippen molar-refractivity contribution in [3.05, 3.63) is 28.8 Å². The first-order valence-corrected chi connectivity index (χ1v) is 10.3. The maximum absolute atomic E-state index is 13.1. The molecule has 0 fully saturated rings. The second kappa shape index (κ2) is 8.97. The molecule has 0 spiro atoms. The van der Waals surface area contributed by atoms with Gasteiger partial charge in [-0.2, -0.15) is 4.72 Å². The van der Waals surface area contributed by atoms with Crippen LogP contribution in [0, 0.1) is 0 Å². The topological polar surface area (TPSA) is 92.7 Å². The van der Waals surface area contributed by atoms with Crippen LogP contribution in [0.4, 0.5) is 0 Å². The molecule has 0 aliphatic rings. The fourth-order valence-electron chi connectivity index (χ4n) is 2.75. The summed E-state index contributed by atoms with van der Waals surface area (Å²) in [5, 5.41) is 9.38. The zero-order chi connectivity index (χ0) is 20.2. The Morgan fingerprint density at radius 2 is 1.50 bits per heavy atom. The van der Waals surface area contributed by atoms with Crippen molar-refractivity contribution in [3.8, 4) is 0 Å². The van der Waals surface area contributed by atoms with E-state index in [-0.39, 0.29) is 22.6 Å². The van der Waals surface area contributed by atoms with Crippen LogP contribution in [-0.2, 0) is 19.6 Å². The quantitative estimate of drug-likeness (QED) is 0.671. The summed E-state index contributed by atoms with van der Waals surface area (Å²) in [6.07, 6.45) is 0. The van der Waals surface area contributed by atoms with Gasteiger partial charge >= 0.3 is 5.97 Å². The molecule has 1 aromatic rings. The van der Waals surface area contributed by atoms with Crippen LogP contribution in [-0.4, -0.2) is 39.3 Å². The Morgan fingerprint density at radius 1 is 1.04 bits per heavy atom. The molecule has 26 heavy (non-hydrogen) atoms. The number of ether oxygens (including phenoxy) is 1. The minimum Gasteiger partial charge on any atom is -0.468 e. The van der Waals surface area contributed by atoms with Crippen molar-refractivity contribution in [1.29, 1.82) is 0 Å². The summed E-state index contributed by atoms with van der Waals surface area (Å²) in [5.41, 5.74) is 2.48. The fourth-order valence-corrected chi connectivity index (χ4v) is 4.62. The molecule has 1 rings (SSSR count). The van der Waals surface area contributed by atoms with Gasteiger partial charge in [-0.05, 0) is 34.4 Å². The number of aliphatic hydroxyl groups excluding tert-OH is 1. The Hall–Kier alpha value is -1.44. The van der Waals surface area contributed by atoms with Crippen molar-refractivity contribution in [2.24, 2.45) is 0 Å². The van der Waals surface area contributed by atoms with E-state index in [0.717, 1.165) is 12.7 Å². The number of carbonyl (C=O) groups excluding carboxylic acids is 1. The maximum Gasteiger partial charge on any atom is 0.326 e. The van der Waals surface area contributed by atoms with Gasteiger partial charge in [-0.15, -0.1) is 0 Å². The maximum atomic E-state index is 13.1. The van der Waals surface area contributed by atoms with Crippen LogP contribution in [0.3, 0.4) is 0 Å². The van der Waals surface area contributed by atoms with Gasteiger partial charge in [-0.25, -0.2) is 8.42 Å². The Labute approximate surface area is 157 Å². The SMILES string of the molecule is COC(=O)[C@@H](CO)NS(=O)(=O)c1c(C(C)C)cc(C(C)C)cc1C(C)C. The summed E-state index contributed by atoms with van der Waals surface area (Å²) >= 11 is 0. The van der Waals surface area contributed by atoms with Crippen molar-refractivity contribution in [2.45, 2.75) is 70.2 Å². The van der Waals surface area contributed by atoms with Crippen molar-refractivity contribution in [2.75, 3.05) is 13.7 Å². The predicted octanol–water partition coefficient (Wildman–Crippen LogP) is 2.87. The Kier molecular flexibility index (Phi) is 7.80. The molecule has 0 saturated heterocycles. The molecule has 148 valence electrons. The summed E-state index contributed by atoms with van der Waals surface area (Å²) in [7, 11) is -2.88. The number of benzene rings is 1. The molecule has 1 atom stereocenters. The molecule has 0 amide bonds. The van der Waals surface area contributed by atoms with Crippen molar-refractivity contribution in [3.63, 3.8) is 0 Å². The summed E-state index contributed by atoms with van der Waals surface area (Å²) in [4.78, 5) is 11.9. The lowest BCUT2D eigenvalue weighted by Gasteiger charge is -2.24. The molecule has 1 aromatic carbocycles. The second-order valence-corrected chi connectivity index (χ2v) is 9.02. The first-order valence-electron chi connectivity index (χ1n) is 8.84. The highest BCUT2D eigenvalue weighted by Crippen LogP contribution is 2.35. The third-order valence-electron chi connectivity index (χ3n) is 4.31. The van der Waals surface area contributed by atoms with Crippen molar-refractivity contribution < 1.29 is 23.1 Å². The van der Waals surface area contributed by atoms with E-state index in [2.05, 4.69) is 23.3 Å². The number of hydrogen-bond acceptors (Lipinski definition) is 5. The zero-order valence-electron chi connectivity index (χ0n) is 16.7. The summed E-state index contributed by atoms with van der Waals surface area (Å²) < 4.78 is 33.1. The van der Waals surface area contributed by atoms with Crippen LogP contribution in [0.15, 0.2) is 17.0 Å². The summed E-state index contributed by atoms with van der Waals surface area (Å²) in [5.74, 6) is -0.617. The highest BCUT2D eigenvalue weighted by Gasteiger charge is 2.31. The van der Waals surface area contributed by atoms with Gasteiger partial charge < -0.3 is 9.84 Å². The van der Waals surface area contributed by atoms with Gasteiger partial charge in [-0.3, -0.25) is 4.79 Å². The van der Waals surface area contributed by atoms with E-state index in [9.17, 15) is 18.3 Å². The molecule has 0 radical (unpaired) electrons. The van der Waals surface area contributed by atoms with E-state index in [1.807, 2.05) is 39.8 Å². The molecule has 7 heteroatoms. The van der Waals surface area contributed by atoms with E-state index in [1.54, 1.807) is 0 Å². The summed E-state index contributed by atoms with van der Waals surface area (Å²) in [6.45, 7) is 11.2. The van der Waals surface area contributed by atoms with Crippen LogP contribution in [0.1, 0.15) is 76.0 Å². The van der Waals surface area contributed by atoms with Crippen LogP contribution in [0.2, 0.25) is 0 Å². The summed E-state index contributed by atoms with van der Waals surface area (Å²) in [6, 6.07) is 2.50. The predicted molar refractivity (Wildman–Crippen MR) is 102 cm³/mol. The Morgan fingerprint density at radius 3 is 1.81 bits per heavy atom. The smallest absolute Gasteiger partial charge is 0.326 e. The molecule has 0 heterocycles. The highest BCUT2D eigenvalue weighted by atomic mass is 32.2. The number of rotatable bonds is 8. The third kappa shape index (κ3) is 5.05. The normalized spacial score (nSPS) is 13.5. The molecular formula is C19H31NO5S. The first kappa shape index (κ1) is 22.6. The van der Waals surface area contributed by atoms with E-state index < -0.39 is 28.6 Å². The number of nitrogens with one attached hydrogen (secondary N) is 1. The zero-order valence-corrected chi connectivity index (χ0v) is 17.5. The van der Waals surface area contributed by atoms with E-state index in [0.29, 0.717) is 11.1 Å². The molecule has 0 aliphatic heterocycles. The lowest BCUT2D eigenvalue weighted by atomic mass is 9.89. The lowest BCUT2D eigenvalue weighted by molar-refractivity contribution is -0.143. The first-order chi connectivity index (χ1) is 12.0. The van der Waals surface area contributed by atoms with Gasteiger partial charge in [0.15, 0.2) is 0 Å². The highest BCUT2D eigenvalue weighted by molar-refractivity contribution is 7.89. The number of methoxy groups -OCH3 is 1. The van der Waals surface area contributed by atoms with Crippen molar-refractivity contribution in [1.82, 2.24) is 4.72 Å². The third-order valence-corrected chi connectivity index (χ3v) is 5.92. The minimum absolute atomic E-state index is 0.0246. The Balaban J connectivity index is 3.64. The van der Waals surface area contributed by atoms with Gasteiger partial charge in [0.2, 0.25) is 10.0 Å². The standard InChI is InChI=1S/C19H31NO5S/c1-11(2)14-8-15(12(3)4)18(16(9-14)13(5)6)26(23,24)20-17(10-21)19(22)25-7/h8-9,11-13,17,20-21H,10H2,1-7H3/t17-/m1/s1. The van der Waals surface area contributed by atoms with Crippen LogP contribution >= 0.6 is 0 Å². The number of carbonyl (C=O) groups is 1. The van der Waals surface area contributed by atoms with Crippen LogP contribution in [0.5, 0.6) is 0 Å². The van der Waals surface area contributed by atoms with E-state index in [4.69, 9.17) is 0 Å².